The van der Waals surface area contributed by atoms with Crippen molar-refractivity contribution in [2.45, 2.75) is 13.1 Å². The first kappa shape index (κ1) is 20.8. The van der Waals surface area contributed by atoms with Crippen molar-refractivity contribution in [1.82, 2.24) is 14.5 Å². The maximum Gasteiger partial charge on any atom is 0.331 e. The topological polar surface area (TPSA) is 96.9 Å². The first-order valence-corrected chi connectivity index (χ1v) is 10.0. The lowest BCUT2D eigenvalue weighted by molar-refractivity contribution is 0.0951. The maximum atomic E-state index is 13.1. The monoisotopic (exact) mass is 424 g/mol. The molecule has 0 saturated heterocycles. The number of fused-ring (bicyclic) bond motifs is 1. The van der Waals surface area contributed by atoms with E-state index in [0.717, 1.165) is 11.1 Å². The number of aromatic nitrogens is 2. The van der Waals surface area contributed by atoms with E-state index in [2.05, 4.69) is 11.4 Å². The molecule has 158 valence electrons. The molecule has 0 bridgehead atoms. The van der Waals surface area contributed by atoms with Crippen molar-refractivity contribution in [1.29, 1.82) is 5.26 Å². The van der Waals surface area contributed by atoms with Gasteiger partial charge in [-0.15, -0.1) is 0 Å². The molecule has 0 aliphatic carbocycles. The van der Waals surface area contributed by atoms with Crippen LogP contribution in [-0.4, -0.2) is 15.0 Å². The van der Waals surface area contributed by atoms with Gasteiger partial charge >= 0.3 is 5.69 Å². The Morgan fingerprint density at radius 3 is 2.38 bits per heavy atom. The summed E-state index contributed by atoms with van der Waals surface area (Å²) in [4.78, 5) is 38.6. The quantitative estimate of drug-likeness (QED) is 0.532. The normalized spacial score (nSPS) is 10.6. The fourth-order valence-electron chi connectivity index (χ4n) is 3.54. The van der Waals surface area contributed by atoms with Gasteiger partial charge in [-0.2, -0.15) is 5.26 Å². The van der Waals surface area contributed by atoms with Crippen LogP contribution in [0.2, 0.25) is 0 Å². The van der Waals surface area contributed by atoms with E-state index in [-0.39, 0.29) is 19.0 Å². The Hall–Kier alpha value is -4.44. The van der Waals surface area contributed by atoms with Gasteiger partial charge in [0.1, 0.15) is 0 Å². The zero-order valence-electron chi connectivity index (χ0n) is 17.4. The fourth-order valence-corrected chi connectivity index (χ4v) is 3.54. The first-order chi connectivity index (χ1) is 15.5. The smallest absolute Gasteiger partial charge is 0.331 e. The summed E-state index contributed by atoms with van der Waals surface area (Å²) in [6.07, 6.45) is 0. The summed E-state index contributed by atoms with van der Waals surface area (Å²) in [5.74, 6) is -0.334. The molecule has 0 aliphatic heterocycles. The lowest BCUT2D eigenvalue weighted by atomic mass is 10.1. The van der Waals surface area contributed by atoms with Crippen molar-refractivity contribution in [3.8, 4) is 6.07 Å². The summed E-state index contributed by atoms with van der Waals surface area (Å²) in [6, 6.07) is 23.0. The Balaban J connectivity index is 1.65. The van der Waals surface area contributed by atoms with Gasteiger partial charge in [-0.05, 0) is 41.5 Å². The highest BCUT2D eigenvalue weighted by atomic mass is 16.2. The second kappa shape index (κ2) is 8.74. The van der Waals surface area contributed by atoms with Crippen LogP contribution in [0.1, 0.15) is 27.0 Å². The highest BCUT2D eigenvalue weighted by Crippen LogP contribution is 2.12. The Morgan fingerprint density at radius 2 is 1.69 bits per heavy atom. The molecule has 1 amide bonds. The third kappa shape index (κ3) is 4.07. The standard InChI is InChI=1S/C25H20N4O3/c1-28-22-12-11-20(23(30)27-15-18-9-7-17(14-26)8-10-18)13-21(22)24(31)29(25(28)32)16-19-5-3-2-4-6-19/h2-13H,15-16H2,1H3,(H,27,30). The molecule has 0 spiro atoms. The molecule has 32 heavy (non-hydrogen) atoms. The second-order valence-corrected chi connectivity index (χ2v) is 7.44. The number of hydrogen-bond donors (Lipinski definition) is 1. The molecular formula is C25H20N4O3. The third-order valence-electron chi connectivity index (χ3n) is 5.33. The zero-order chi connectivity index (χ0) is 22.7. The Kier molecular flexibility index (Phi) is 5.69. The SMILES string of the molecule is Cn1c(=O)n(Cc2ccccc2)c(=O)c2cc(C(=O)NCc3ccc(C#N)cc3)ccc21. The molecule has 7 nitrogen and oxygen atoms in total. The van der Waals surface area contributed by atoms with Gasteiger partial charge in [0.15, 0.2) is 0 Å². The van der Waals surface area contributed by atoms with Crippen molar-refractivity contribution in [3.05, 3.63) is 116 Å². The van der Waals surface area contributed by atoms with Gasteiger partial charge in [0.25, 0.3) is 11.5 Å². The van der Waals surface area contributed by atoms with Crippen LogP contribution in [0.3, 0.4) is 0 Å². The minimum Gasteiger partial charge on any atom is -0.348 e. The van der Waals surface area contributed by atoms with E-state index < -0.39 is 11.2 Å². The molecule has 0 radical (unpaired) electrons. The molecule has 0 unspecified atom stereocenters. The summed E-state index contributed by atoms with van der Waals surface area (Å²) in [7, 11) is 1.61. The predicted octanol–water partition coefficient (Wildman–Crippen LogP) is 2.55. The molecule has 1 N–H and O–H groups in total. The van der Waals surface area contributed by atoms with Gasteiger partial charge in [-0.25, -0.2) is 4.79 Å². The van der Waals surface area contributed by atoms with Crippen molar-refractivity contribution in [2.75, 3.05) is 0 Å². The van der Waals surface area contributed by atoms with Crippen LogP contribution in [-0.2, 0) is 20.1 Å². The number of amides is 1. The number of carbonyl (C=O) groups is 1. The maximum absolute atomic E-state index is 13.1. The van der Waals surface area contributed by atoms with Crippen LogP contribution >= 0.6 is 0 Å². The number of benzene rings is 3. The van der Waals surface area contributed by atoms with Crippen LogP contribution in [0.4, 0.5) is 0 Å². The van der Waals surface area contributed by atoms with Crippen molar-refractivity contribution in [3.63, 3.8) is 0 Å². The number of hydrogen-bond acceptors (Lipinski definition) is 4. The average Bonchev–Trinajstić information content (AvgIpc) is 2.84. The molecule has 4 aromatic rings. The Bertz CT molecular complexity index is 1460. The van der Waals surface area contributed by atoms with Gasteiger partial charge in [-0.1, -0.05) is 42.5 Å². The molecule has 1 heterocycles. The van der Waals surface area contributed by atoms with Gasteiger partial charge in [0, 0.05) is 19.2 Å². The summed E-state index contributed by atoms with van der Waals surface area (Å²) < 4.78 is 2.59. The molecule has 0 saturated carbocycles. The average molecular weight is 424 g/mol. The molecular weight excluding hydrogens is 404 g/mol. The number of nitrogens with zero attached hydrogens (tertiary/aromatic N) is 3. The molecule has 1 aromatic heterocycles. The molecule has 0 atom stereocenters. The number of aryl methyl sites for hydroxylation is 1. The highest BCUT2D eigenvalue weighted by molar-refractivity contribution is 5.97. The first-order valence-electron chi connectivity index (χ1n) is 10.0. The van der Waals surface area contributed by atoms with Crippen LogP contribution in [0.15, 0.2) is 82.4 Å². The van der Waals surface area contributed by atoms with E-state index in [4.69, 9.17) is 5.26 Å². The van der Waals surface area contributed by atoms with Gasteiger partial charge in [-0.3, -0.25) is 18.7 Å². The van der Waals surface area contributed by atoms with Crippen LogP contribution < -0.4 is 16.6 Å². The van der Waals surface area contributed by atoms with Gasteiger partial charge in [0.05, 0.1) is 29.1 Å². The zero-order valence-corrected chi connectivity index (χ0v) is 17.4. The summed E-state index contributed by atoms with van der Waals surface area (Å²) in [6.45, 7) is 0.436. The predicted molar refractivity (Wildman–Crippen MR) is 121 cm³/mol. The van der Waals surface area contributed by atoms with Crippen molar-refractivity contribution < 1.29 is 4.79 Å². The van der Waals surface area contributed by atoms with Crippen molar-refractivity contribution in [2.24, 2.45) is 7.05 Å². The van der Waals surface area contributed by atoms with Crippen LogP contribution in [0.5, 0.6) is 0 Å². The van der Waals surface area contributed by atoms with E-state index in [1.165, 1.54) is 15.2 Å². The van der Waals surface area contributed by atoms with Gasteiger partial charge in [0.2, 0.25) is 0 Å². The van der Waals surface area contributed by atoms with E-state index in [9.17, 15) is 14.4 Å². The Morgan fingerprint density at radius 1 is 0.969 bits per heavy atom. The lowest BCUT2D eigenvalue weighted by Gasteiger charge is -2.12. The molecule has 0 fully saturated rings. The van der Waals surface area contributed by atoms with E-state index in [0.29, 0.717) is 22.0 Å². The summed E-state index contributed by atoms with van der Waals surface area (Å²) in [5, 5.41) is 12.0. The molecule has 7 heteroatoms. The third-order valence-corrected chi connectivity index (χ3v) is 5.33. The van der Waals surface area contributed by atoms with Gasteiger partial charge < -0.3 is 5.32 Å². The summed E-state index contributed by atoms with van der Waals surface area (Å²) in [5.41, 5.74) is 2.18. The number of carbonyl (C=O) groups excluding carboxylic acids is 1. The van der Waals surface area contributed by atoms with Crippen LogP contribution in [0.25, 0.3) is 10.9 Å². The molecule has 4 rings (SSSR count). The second-order valence-electron chi connectivity index (χ2n) is 7.44. The van der Waals surface area contributed by atoms with Crippen LogP contribution in [0, 0.1) is 11.3 Å². The minimum absolute atomic E-state index is 0.150. The van der Waals surface area contributed by atoms with E-state index in [1.807, 2.05) is 30.3 Å². The Labute approximate surface area is 183 Å². The summed E-state index contributed by atoms with van der Waals surface area (Å²) >= 11 is 0. The fraction of sp³-hybridized carbons (Fsp3) is 0.120. The lowest BCUT2D eigenvalue weighted by Crippen LogP contribution is -2.39. The van der Waals surface area contributed by atoms with E-state index >= 15 is 0 Å². The molecule has 0 aliphatic rings. The van der Waals surface area contributed by atoms with E-state index in [1.54, 1.807) is 43.4 Å². The number of nitriles is 1. The van der Waals surface area contributed by atoms with Crippen molar-refractivity contribution >= 4 is 16.8 Å². The highest BCUT2D eigenvalue weighted by Gasteiger charge is 2.14. The largest absolute Gasteiger partial charge is 0.348 e. The molecule has 3 aromatic carbocycles. The number of nitrogens with one attached hydrogen (secondary N) is 1. The minimum atomic E-state index is -0.436. The number of rotatable bonds is 5.